The predicted octanol–water partition coefficient (Wildman–Crippen LogP) is 1.63. The van der Waals surface area contributed by atoms with Gasteiger partial charge in [-0.2, -0.15) is 0 Å². The third-order valence-corrected chi connectivity index (χ3v) is 1.86. The van der Waals surface area contributed by atoms with Gasteiger partial charge in [-0.25, -0.2) is 0 Å². The van der Waals surface area contributed by atoms with Gasteiger partial charge in [-0.15, -0.1) is 11.8 Å². The molecule has 0 aromatic rings. The van der Waals surface area contributed by atoms with Crippen molar-refractivity contribution in [2.75, 3.05) is 12.8 Å². The molecule has 0 rings (SSSR count). The Kier molecular flexibility index (Phi) is 5.54. The maximum Gasteiger partial charge on any atom is 0.133 e. The number of hydrogen-bond donors (Lipinski definition) is 1. The standard InChI is InChI=1S/C5H11NS2/c1-3-4-6-5(7)8-2/h3-4H2,1-2H3,(H,6,7). The first-order chi connectivity index (χ1) is 3.81. The predicted molar refractivity (Wildman–Crippen MR) is 44.4 cm³/mol. The van der Waals surface area contributed by atoms with Crippen molar-refractivity contribution in [3.8, 4) is 0 Å². The van der Waals surface area contributed by atoms with Gasteiger partial charge >= 0.3 is 0 Å². The first-order valence-corrected chi connectivity index (χ1v) is 4.26. The molecule has 0 saturated heterocycles. The molecule has 1 N–H and O–H groups in total. The largest absolute Gasteiger partial charge is 0.371 e. The van der Waals surface area contributed by atoms with Gasteiger partial charge in [0.1, 0.15) is 4.32 Å². The van der Waals surface area contributed by atoms with Gasteiger partial charge in [-0.1, -0.05) is 19.1 Å². The van der Waals surface area contributed by atoms with E-state index in [1.54, 1.807) is 11.8 Å². The van der Waals surface area contributed by atoms with Crippen LogP contribution in [-0.4, -0.2) is 17.1 Å². The van der Waals surface area contributed by atoms with Crippen LogP contribution in [0, 0.1) is 0 Å². The summed E-state index contributed by atoms with van der Waals surface area (Å²) in [6.45, 7) is 3.12. The number of nitrogens with one attached hydrogen (secondary N) is 1. The maximum atomic E-state index is 4.87. The third-order valence-electron chi connectivity index (χ3n) is 0.705. The lowest BCUT2D eigenvalue weighted by atomic mass is 10.5. The monoisotopic (exact) mass is 149 g/mol. The van der Waals surface area contributed by atoms with Crippen molar-refractivity contribution in [1.82, 2.24) is 5.32 Å². The van der Waals surface area contributed by atoms with Gasteiger partial charge in [-0.05, 0) is 12.7 Å². The molecule has 0 aromatic carbocycles. The number of hydrogen-bond acceptors (Lipinski definition) is 2. The van der Waals surface area contributed by atoms with E-state index in [1.165, 1.54) is 0 Å². The van der Waals surface area contributed by atoms with Crippen LogP contribution in [0.2, 0.25) is 0 Å². The van der Waals surface area contributed by atoms with Gasteiger partial charge < -0.3 is 5.32 Å². The van der Waals surface area contributed by atoms with Gasteiger partial charge in [0.2, 0.25) is 0 Å². The summed E-state index contributed by atoms with van der Waals surface area (Å²) in [6, 6.07) is 0. The van der Waals surface area contributed by atoms with Crippen LogP contribution < -0.4 is 5.32 Å². The van der Waals surface area contributed by atoms with Crippen molar-refractivity contribution in [2.24, 2.45) is 0 Å². The highest BCUT2D eigenvalue weighted by molar-refractivity contribution is 8.22. The number of thioether (sulfide) groups is 1. The highest BCUT2D eigenvalue weighted by Gasteiger charge is 1.86. The molecule has 0 amide bonds. The summed E-state index contributed by atoms with van der Waals surface area (Å²) in [6.07, 6.45) is 3.12. The normalized spacial score (nSPS) is 8.75. The minimum atomic E-state index is 0.895. The van der Waals surface area contributed by atoms with Crippen LogP contribution in [0.4, 0.5) is 0 Å². The quantitative estimate of drug-likeness (QED) is 0.599. The molecule has 48 valence electrons. The Hall–Kier alpha value is 0.240. The molecule has 0 aliphatic carbocycles. The third kappa shape index (κ3) is 4.40. The molecular weight excluding hydrogens is 138 g/mol. The second-order valence-corrected chi connectivity index (χ2v) is 2.90. The lowest BCUT2D eigenvalue weighted by molar-refractivity contribution is 0.855. The van der Waals surface area contributed by atoms with Crippen molar-refractivity contribution < 1.29 is 0 Å². The van der Waals surface area contributed by atoms with Crippen LogP contribution in [0.1, 0.15) is 13.3 Å². The van der Waals surface area contributed by atoms with E-state index in [2.05, 4.69) is 12.2 Å². The Morgan fingerprint density at radius 3 is 2.75 bits per heavy atom. The van der Waals surface area contributed by atoms with E-state index in [-0.39, 0.29) is 0 Å². The lowest BCUT2D eigenvalue weighted by Crippen LogP contribution is -2.18. The van der Waals surface area contributed by atoms with Crippen LogP contribution in [0.25, 0.3) is 0 Å². The van der Waals surface area contributed by atoms with Crippen molar-refractivity contribution in [3.63, 3.8) is 0 Å². The molecule has 0 unspecified atom stereocenters. The van der Waals surface area contributed by atoms with E-state index >= 15 is 0 Å². The zero-order valence-corrected chi connectivity index (χ0v) is 6.86. The molecule has 0 heterocycles. The summed E-state index contributed by atoms with van der Waals surface area (Å²) < 4.78 is 0.895. The molecule has 0 aliphatic heterocycles. The van der Waals surface area contributed by atoms with Crippen LogP contribution in [-0.2, 0) is 0 Å². The van der Waals surface area contributed by atoms with Gasteiger partial charge in [0.25, 0.3) is 0 Å². The minimum Gasteiger partial charge on any atom is -0.371 e. The summed E-state index contributed by atoms with van der Waals surface area (Å²) in [5, 5.41) is 3.08. The van der Waals surface area contributed by atoms with Gasteiger partial charge in [-0.3, -0.25) is 0 Å². The van der Waals surface area contributed by atoms with E-state index < -0.39 is 0 Å². The Morgan fingerprint density at radius 2 is 2.38 bits per heavy atom. The molecule has 0 atom stereocenters. The molecule has 0 radical (unpaired) electrons. The summed E-state index contributed by atoms with van der Waals surface area (Å²) in [5.41, 5.74) is 0. The van der Waals surface area contributed by atoms with Crippen molar-refractivity contribution in [2.45, 2.75) is 13.3 Å². The Balaban J connectivity index is 2.99. The molecule has 0 bridgehead atoms. The molecule has 1 nitrogen and oxygen atoms in total. The van der Waals surface area contributed by atoms with E-state index in [1.807, 2.05) is 6.26 Å². The average molecular weight is 149 g/mol. The van der Waals surface area contributed by atoms with E-state index in [9.17, 15) is 0 Å². The lowest BCUT2D eigenvalue weighted by Gasteiger charge is -2.00. The fourth-order valence-corrected chi connectivity index (χ4v) is 0.648. The van der Waals surface area contributed by atoms with E-state index in [0.717, 1.165) is 17.3 Å². The van der Waals surface area contributed by atoms with Crippen molar-refractivity contribution in [1.29, 1.82) is 0 Å². The fraction of sp³-hybridized carbons (Fsp3) is 0.800. The zero-order valence-electron chi connectivity index (χ0n) is 5.23. The van der Waals surface area contributed by atoms with Crippen LogP contribution >= 0.6 is 24.0 Å². The highest BCUT2D eigenvalue weighted by Crippen LogP contribution is 1.92. The van der Waals surface area contributed by atoms with Crippen molar-refractivity contribution in [3.05, 3.63) is 0 Å². The van der Waals surface area contributed by atoms with E-state index in [0.29, 0.717) is 0 Å². The summed E-state index contributed by atoms with van der Waals surface area (Å²) >= 11 is 6.46. The Morgan fingerprint density at radius 1 is 1.75 bits per heavy atom. The van der Waals surface area contributed by atoms with Gasteiger partial charge in [0.05, 0.1) is 0 Å². The van der Waals surface area contributed by atoms with Crippen molar-refractivity contribution >= 4 is 28.3 Å². The molecule has 8 heavy (non-hydrogen) atoms. The van der Waals surface area contributed by atoms with E-state index in [4.69, 9.17) is 12.2 Å². The summed E-state index contributed by atoms with van der Waals surface area (Å²) in [7, 11) is 0. The molecule has 3 heteroatoms. The highest BCUT2D eigenvalue weighted by atomic mass is 32.2. The Bertz CT molecular complexity index is 72.8. The molecule has 0 spiro atoms. The van der Waals surface area contributed by atoms with Crippen LogP contribution in [0.5, 0.6) is 0 Å². The minimum absolute atomic E-state index is 0.895. The topological polar surface area (TPSA) is 12.0 Å². The molecule has 0 aromatic heterocycles. The molecule has 0 fully saturated rings. The second kappa shape index (κ2) is 5.38. The second-order valence-electron chi connectivity index (χ2n) is 1.42. The average Bonchev–Trinajstić information content (AvgIpc) is 1.83. The van der Waals surface area contributed by atoms with Gasteiger partial charge in [0, 0.05) is 6.54 Å². The summed E-state index contributed by atoms with van der Waals surface area (Å²) in [5.74, 6) is 0. The number of thiocarbonyl (C=S) groups is 1. The fourth-order valence-electron chi connectivity index (χ4n) is 0.299. The smallest absolute Gasteiger partial charge is 0.133 e. The summed E-state index contributed by atoms with van der Waals surface area (Å²) in [4.78, 5) is 0. The first-order valence-electron chi connectivity index (χ1n) is 2.63. The number of rotatable bonds is 2. The molecular formula is C5H11NS2. The first kappa shape index (κ1) is 8.24. The van der Waals surface area contributed by atoms with Crippen LogP contribution in [0.3, 0.4) is 0 Å². The van der Waals surface area contributed by atoms with Gasteiger partial charge in [0.15, 0.2) is 0 Å². The Labute approximate surface area is 60.2 Å². The SMILES string of the molecule is CCCNC(=S)SC. The zero-order chi connectivity index (χ0) is 6.41. The molecule has 0 aliphatic rings. The molecule has 0 saturated carbocycles. The van der Waals surface area contributed by atoms with Crippen LogP contribution in [0.15, 0.2) is 0 Å². The maximum absolute atomic E-state index is 4.87.